The fourth-order valence-electron chi connectivity index (χ4n) is 2.67. The van der Waals surface area contributed by atoms with Gasteiger partial charge in [0.25, 0.3) is 0 Å². The van der Waals surface area contributed by atoms with Crippen LogP contribution in [0.2, 0.25) is 0 Å². The van der Waals surface area contributed by atoms with E-state index < -0.39 is 10.1 Å². The minimum atomic E-state index is -4.33. The number of hydrogen-bond donors (Lipinski definition) is 2. The third kappa shape index (κ3) is 4.23. The van der Waals surface area contributed by atoms with Gasteiger partial charge in [-0.1, -0.05) is 23.8 Å². The van der Waals surface area contributed by atoms with Crippen molar-refractivity contribution in [3.63, 3.8) is 0 Å². The van der Waals surface area contributed by atoms with E-state index in [1.807, 2.05) is 25.1 Å². The Kier molecular flexibility index (Phi) is 5.24. The topological polar surface area (TPSA) is 125 Å². The van der Waals surface area contributed by atoms with E-state index in [-0.39, 0.29) is 10.4 Å². The van der Waals surface area contributed by atoms with Crippen molar-refractivity contribution in [3.8, 4) is 0 Å². The van der Waals surface area contributed by atoms with Crippen LogP contribution in [0.1, 0.15) is 16.7 Å². The lowest BCUT2D eigenvalue weighted by atomic mass is 10.1. The quantitative estimate of drug-likeness (QED) is 0.506. The first-order valence-electron chi connectivity index (χ1n) is 7.41. The second-order valence-electron chi connectivity index (χ2n) is 5.69. The molecule has 3 aromatic rings. The molecular weight excluding hydrogens is 340 g/mol. The predicted molar refractivity (Wildman–Crippen MR) is 94.4 cm³/mol. The van der Waals surface area contributed by atoms with Gasteiger partial charge >= 0.3 is 0 Å². The van der Waals surface area contributed by atoms with Gasteiger partial charge in [0, 0.05) is 17.8 Å². The summed E-state index contributed by atoms with van der Waals surface area (Å²) < 4.78 is 33.7. The average Bonchev–Trinajstić information content (AvgIpc) is 2.49. The number of pyridine rings is 2. The summed E-state index contributed by atoms with van der Waals surface area (Å²) in [5, 5.41) is 8.50. The number of nitrogens with zero attached hydrogens (tertiary/aromatic N) is 2. The monoisotopic (exact) mass is 359 g/mol. The second-order valence-corrected chi connectivity index (χ2v) is 7.01. The van der Waals surface area contributed by atoms with Crippen molar-refractivity contribution in [1.29, 1.82) is 5.41 Å². The zero-order chi connectivity index (χ0) is 18.8. The van der Waals surface area contributed by atoms with E-state index in [1.165, 1.54) is 4.68 Å². The van der Waals surface area contributed by atoms with Gasteiger partial charge in [0.1, 0.15) is 15.6 Å². The van der Waals surface area contributed by atoms with E-state index in [4.69, 9.17) is 11.3 Å². The highest BCUT2D eigenvalue weighted by molar-refractivity contribution is 7.85. The molecule has 0 aliphatic carbocycles. The molecule has 1 aromatic carbocycles. The van der Waals surface area contributed by atoms with Gasteiger partial charge in [0.15, 0.2) is 5.49 Å². The lowest BCUT2D eigenvalue weighted by molar-refractivity contribution is 0.462. The summed E-state index contributed by atoms with van der Waals surface area (Å²) in [6.07, 6.45) is 3.30. The summed E-state index contributed by atoms with van der Waals surface area (Å²) in [7, 11) is -4.33. The summed E-state index contributed by atoms with van der Waals surface area (Å²) in [5.74, 6) is 5.48. The summed E-state index contributed by atoms with van der Waals surface area (Å²) in [6, 6.07) is 8.96. The molecule has 0 amide bonds. The molecule has 0 radical (unpaired) electrons. The molecule has 0 unspecified atom stereocenters. The van der Waals surface area contributed by atoms with E-state index >= 15 is 0 Å². The molecule has 8 heteroatoms. The van der Waals surface area contributed by atoms with Gasteiger partial charge in [-0.2, -0.15) is 0 Å². The van der Waals surface area contributed by atoms with Crippen LogP contribution in [0.15, 0.2) is 47.6 Å². The van der Waals surface area contributed by atoms with Crippen LogP contribution in [0, 0.1) is 26.2 Å². The SMILES string of the molecule is Cc1cc(C)c(S(=O)(=O)[O-])c(C)c1.N=c1c2ncccc2ccn1N. The molecule has 25 heavy (non-hydrogen) atoms. The molecule has 3 N–H and O–H groups in total. The zero-order valence-corrected chi connectivity index (χ0v) is 15.0. The maximum absolute atomic E-state index is 10.8. The molecule has 0 fully saturated rings. The lowest BCUT2D eigenvalue weighted by Gasteiger charge is -2.14. The largest absolute Gasteiger partial charge is 0.744 e. The average molecular weight is 359 g/mol. The summed E-state index contributed by atoms with van der Waals surface area (Å²) in [4.78, 5) is 3.97. The highest BCUT2D eigenvalue weighted by Gasteiger charge is 2.09. The Morgan fingerprint density at radius 3 is 2.32 bits per heavy atom. The van der Waals surface area contributed by atoms with Crippen molar-refractivity contribution in [2.75, 3.05) is 5.84 Å². The predicted octanol–water partition coefficient (Wildman–Crippen LogP) is 1.75. The molecule has 0 atom stereocenters. The number of aryl methyl sites for hydroxylation is 3. The van der Waals surface area contributed by atoms with Crippen molar-refractivity contribution in [2.24, 2.45) is 0 Å². The van der Waals surface area contributed by atoms with Crippen molar-refractivity contribution < 1.29 is 13.0 Å². The first kappa shape index (κ1) is 18.6. The molecule has 0 saturated carbocycles. The van der Waals surface area contributed by atoms with Gasteiger partial charge < -0.3 is 10.4 Å². The van der Waals surface area contributed by atoms with Gasteiger partial charge in [-0.25, -0.2) is 8.42 Å². The molecule has 2 heterocycles. The van der Waals surface area contributed by atoms with Crippen LogP contribution < -0.4 is 11.3 Å². The van der Waals surface area contributed by atoms with Gasteiger partial charge in [-0.05, 0) is 44.0 Å². The Morgan fingerprint density at radius 2 is 1.76 bits per heavy atom. The molecule has 132 valence electrons. The van der Waals surface area contributed by atoms with Gasteiger partial charge in [0.2, 0.25) is 0 Å². The second kappa shape index (κ2) is 7.04. The molecule has 0 saturated heterocycles. The van der Waals surface area contributed by atoms with E-state index in [0.29, 0.717) is 16.6 Å². The normalized spacial score (nSPS) is 11.0. The standard InChI is InChI=1S/C9H12O3S.C8H8N4/c1-6-4-7(2)9(8(3)5-6)13(10,11)12;9-8-7-6(2-1-4-11-7)3-5-12(8)10/h4-5H,1-3H3,(H,10,11,12);1-5,9H,10H2/p-1. The molecule has 0 bridgehead atoms. The highest BCUT2D eigenvalue weighted by atomic mass is 32.2. The van der Waals surface area contributed by atoms with E-state index in [9.17, 15) is 13.0 Å². The fraction of sp³-hybridized carbons (Fsp3) is 0.176. The molecule has 2 aromatic heterocycles. The molecule has 3 rings (SSSR count). The Labute approximate surface area is 146 Å². The van der Waals surface area contributed by atoms with Crippen LogP contribution >= 0.6 is 0 Å². The Hall–Kier alpha value is -2.71. The summed E-state index contributed by atoms with van der Waals surface area (Å²) >= 11 is 0. The van der Waals surface area contributed by atoms with E-state index in [0.717, 1.165) is 10.9 Å². The van der Waals surface area contributed by atoms with Crippen LogP contribution in [-0.4, -0.2) is 22.6 Å². The molecule has 0 aliphatic rings. The third-order valence-corrected chi connectivity index (χ3v) is 4.73. The minimum absolute atomic E-state index is 0.0851. The number of benzene rings is 1. The van der Waals surface area contributed by atoms with Crippen LogP contribution in [-0.2, 0) is 10.1 Å². The van der Waals surface area contributed by atoms with Crippen LogP contribution in [0.4, 0.5) is 0 Å². The maximum Gasteiger partial charge on any atom is 0.170 e. The lowest BCUT2D eigenvalue weighted by Crippen LogP contribution is -2.26. The highest BCUT2D eigenvalue weighted by Crippen LogP contribution is 2.20. The van der Waals surface area contributed by atoms with Gasteiger partial charge in [-0.15, -0.1) is 0 Å². The molecule has 0 spiro atoms. The Bertz CT molecular complexity index is 1070. The van der Waals surface area contributed by atoms with Crippen molar-refractivity contribution >= 4 is 21.0 Å². The molecule has 7 nitrogen and oxygen atoms in total. The maximum atomic E-state index is 10.8. The van der Waals surface area contributed by atoms with Crippen LogP contribution in [0.5, 0.6) is 0 Å². The van der Waals surface area contributed by atoms with Crippen molar-refractivity contribution in [1.82, 2.24) is 9.66 Å². The molecular formula is C17H19N4O3S-. The Morgan fingerprint density at radius 1 is 1.16 bits per heavy atom. The number of nitrogens with one attached hydrogen (secondary N) is 1. The Balaban J connectivity index is 0.000000181. The molecule has 0 aliphatic heterocycles. The number of rotatable bonds is 1. The zero-order valence-electron chi connectivity index (χ0n) is 14.1. The number of nitrogen functional groups attached to an aromatic ring is 1. The number of hydrogen-bond acceptors (Lipinski definition) is 6. The third-order valence-electron chi connectivity index (χ3n) is 3.59. The van der Waals surface area contributed by atoms with Gasteiger partial charge in [-0.3, -0.25) is 15.1 Å². The van der Waals surface area contributed by atoms with Gasteiger partial charge in [0.05, 0.1) is 4.90 Å². The number of nitrogens with two attached hydrogens (primary N) is 1. The first-order valence-corrected chi connectivity index (χ1v) is 8.82. The van der Waals surface area contributed by atoms with E-state index in [2.05, 4.69) is 4.98 Å². The van der Waals surface area contributed by atoms with Crippen LogP contribution in [0.3, 0.4) is 0 Å². The van der Waals surface area contributed by atoms with Crippen molar-refractivity contribution in [3.05, 3.63) is 64.9 Å². The first-order chi connectivity index (χ1) is 11.6. The summed E-state index contributed by atoms with van der Waals surface area (Å²) in [5.41, 5.74) is 2.86. The smallest absolute Gasteiger partial charge is 0.170 e. The number of aromatic nitrogens is 2. The summed E-state index contributed by atoms with van der Waals surface area (Å²) in [6.45, 7) is 5.12. The number of fused-ring (bicyclic) bond motifs is 1. The van der Waals surface area contributed by atoms with Crippen LogP contribution in [0.25, 0.3) is 10.9 Å². The van der Waals surface area contributed by atoms with Crippen molar-refractivity contribution in [2.45, 2.75) is 25.7 Å². The fourth-order valence-corrected chi connectivity index (χ4v) is 3.58. The van der Waals surface area contributed by atoms with E-state index in [1.54, 1.807) is 38.4 Å². The minimum Gasteiger partial charge on any atom is -0.744 e.